The molecule has 1 aliphatic rings. The van der Waals surface area contributed by atoms with Crippen LogP contribution in [0.4, 0.5) is 4.39 Å². The number of fused-ring (bicyclic) bond motifs is 1. The lowest BCUT2D eigenvalue weighted by Crippen LogP contribution is -2.18. The lowest BCUT2D eigenvalue weighted by Gasteiger charge is -2.06. The molecule has 1 aromatic carbocycles. The van der Waals surface area contributed by atoms with Gasteiger partial charge in [-0.2, -0.15) is 5.10 Å². The molecule has 1 amide bonds. The summed E-state index contributed by atoms with van der Waals surface area (Å²) in [4.78, 5) is 11.8. The Labute approximate surface area is 120 Å². The molecule has 0 bridgehead atoms. The van der Waals surface area contributed by atoms with Gasteiger partial charge in [0.15, 0.2) is 5.76 Å². The highest BCUT2D eigenvalue weighted by atomic mass is 19.1. The Bertz CT molecular complexity index is 723. The molecular weight excluding hydrogens is 275 g/mol. The monoisotopic (exact) mass is 288 g/mol. The number of carbonyl (C=O) groups excluding carboxylic acids is 1. The molecule has 0 aliphatic heterocycles. The van der Waals surface area contributed by atoms with Crippen molar-refractivity contribution >= 4 is 11.6 Å². The van der Waals surface area contributed by atoms with E-state index in [2.05, 4.69) is 10.5 Å². The molecule has 0 saturated heterocycles. The summed E-state index contributed by atoms with van der Waals surface area (Å²) in [6, 6.07) is 5.62. The van der Waals surface area contributed by atoms with E-state index in [1.54, 1.807) is 6.07 Å². The molecule has 21 heavy (non-hydrogen) atoms. The van der Waals surface area contributed by atoms with Crippen LogP contribution in [0.5, 0.6) is 5.75 Å². The van der Waals surface area contributed by atoms with Gasteiger partial charge in [0.1, 0.15) is 11.6 Å². The number of furan rings is 1. The molecule has 1 aliphatic carbocycles. The van der Waals surface area contributed by atoms with Crippen LogP contribution in [0.2, 0.25) is 0 Å². The van der Waals surface area contributed by atoms with Crippen molar-refractivity contribution in [2.24, 2.45) is 5.10 Å². The van der Waals surface area contributed by atoms with Crippen molar-refractivity contribution in [3.05, 3.63) is 53.2 Å². The van der Waals surface area contributed by atoms with Crippen LogP contribution in [0.15, 0.2) is 40.0 Å². The molecule has 5 nitrogen and oxygen atoms in total. The van der Waals surface area contributed by atoms with Crippen molar-refractivity contribution in [1.82, 2.24) is 5.43 Å². The molecule has 0 unspecified atom stereocenters. The average Bonchev–Trinajstić information content (AvgIpc) is 3.09. The van der Waals surface area contributed by atoms with Gasteiger partial charge in [-0.3, -0.25) is 4.79 Å². The number of carbonyl (C=O) groups is 1. The molecule has 3 rings (SSSR count). The minimum Gasteiger partial charge on any atom is -0.507 e. The topological polar surface area (TPSA) is 74.8 Å². The first-order chi connectivity index (χ1) is 10.1. The van der Waals surface area contributed by atoms with Crippen LogP contribution in [-0.4, -0.2) is 16.7 Å². The molecule has 0 radical (unpaired) electrons. The SMILES string of the molecule is C[C@H]1C/C(=N\NC(=O)c2ccco2)c2c(O)ccc(F)c21. The highest BCUT2D eigenvalue weighted by molar-refractivity contribution is 6.08. The van der Waals surface area contributed by atoms with Gasteiger partial charge in [-0.1, -0.05) is 6.92 Å². The van der Waals surface area contributed by atoms with Gasteiger partial charge in [-0.05, 0) is 36.6 Å². The minimum atomic E-state index is -0.496. The molecule has 1 heterocycles. The number of benzene rings is 1. The van der Waals surface area contributed by atoms with Crippen LogP contribution >= 0.6 is 0 Å². The summed E-state index contributed by atoms with van der Waals surface area (Å²) < 4.78 is 18.8. The van der Waals surface area contributed by atoms with Gasteiger partial charge in [0, 0.05) is 11.1 Å². The lowest BCUT2D eigenvalue weighted by molar-refractivity contribution is 0.0927. The molecular formula is C15H13FN2O3. The highest BCUT2D eigenvalue weighted by Gasteiger charge is 2.30. The van der Waals surface area contributed by atoms with Crippen LogP contribution in [0.25, 0.3) is 0 Å². The number of halogens is 1. The zero-order chi connectivity index (χ0) is 15.0. The Morgan fingerprint density at radius 3 is 3.00 bits per heavy atom. The standard InChI is InChI=1S/C15H13FN2O3/c1-8-7-10(14-11(19)5-4-9(16)13(8)14)17-18-15(20)12-3-2-6-21-12/h2-6,8,19H,7H2,1H3,(H,18,20)/b17-10+/t8-/m0/s1. The van der Waals surface area contributed by atoms with Gasteiger partial charge in [0.05, 0.1) is 12.0 Å². The third kappa shape index (κ3) is 2.29. The Morgan fingerprint density at radius 1 is 1.48 bits per heavy atom. The van der Waals surface area contributed by atoms with Gasteiger partial charge in [-0.15, -0.1) is 0 Å². The number of amides is 1. The van der Waals surface area contributed by atoms with Crippen molar-refractivity contribution in [2.75, 3.05) is 0 Å². The van der Waals surface area contributed by atoms with E-state index in [9.17, 15) is 14.3 Å². The van der Waals surface area contributed by atoms with E-state index in [4.69, 9.17) is 4.42 Å². The van der Waals surface area contributed by atoms with Crippen LogP contribution in [0.1, 0.15) is 40.9 Å². The second-order valence-corrected chi connectivity index (χ2v) is 4.94. The fourth-order valence-corrected chi connectivity index (χ4v) is 2.54. The maximum absolute atomic E-state index is 13.8. The summed E-state index contributed by atoms with van der Waals surface area (Å²) in [7, 11) is 0. The molecule has 1 atom stereocenters. The van der Waals surface area contributed by atoms with E-state index in [0.29, 0.717) is 23.3 Å². The van der Waals surface area contributed by atoms with Crippen molar-refractivity contribution in [1.29, 1.82) is 0 Å². The number of phenolic OH excluding ortho intramolecular Hbond substituents is 1. The fourth-order valence-electron chi connectivity index (χ4n) is 2.54. The van der Waals surface area contributed by atoms with E-state index >= 15 is 0 Å². The summed E-state index contributed by atoms with van der Waals surface area (Å²) in [5.41, 5.74) is 3.60. The molecule has 0 spiro atoms. The number of rotatable bonds is 2. The van der Waals surface area contributed by atoms with Crippen molar-refractivity contribution in [3.63, 3.8) is 0 Å². The molecule has 1 aromatic heterocycles. The first-order valence-corrected chi connectivity index (χ1v) is 6.50. The zero-order valence-corrected chi connectivity index (χ0v) is 11.3. The van der Waals surface area contributed by atoms with Gasteiger partial charge in [0.2, 0.25) is 0 Å². The number of phenols is 1. The summed E-state index contributed by atoms with van der Waals surface area (Å²) in [6.45, 7) is 1.85. The van der Waals surface area contributed by atoms with Crippen LogP contribution in [0, 0.1) is 5.82 Å². The Kier molecular flexibility index (Phi) is 3.21. The summed E-state index contributed by atoms with van der Waals surface area (Å²) in [5, 5.41) is 13.9. The number of hydrogen-bond acceptors (Lipinski definition) is 4. The third-order valence-corrected chi connectivity index (χ3v) is 3.49. The summed E-state index contributed by atoms with van der Waals surface area (Å²) in [5.74, 6) is -0.885. The number of hydrazone groups is 1. The zero-order valence-electron chi connectivity index (χ0n) is 11.3. The van der Waals surface area contributed by atoms with E-state index < -0.39 is 5.91 Å². The number of aromatic hydroxyl groups is 1. The molecule has 0 saturated carbocycles. The largest absolute Gasteiger partial charge is 0.507 e. The van der Waals surface area contributed by atoms with E-state index in [1.807, 2.05) is 6.92 Å². The average molecular weight is 288 g/mol. The molecule has 108 valence electrons. The van der Waals surface area contributed by atoms with Gasteiger partial charge >= 0.3 is 5.91 Å². The van der Waals surface area contributed by atoms with Crippen molar-refractivity contribution < 1.29 is 18.7 Å². The van der Waals surface area contributed by atoms with Gasteiger partial charge in [-0.25, -0.2) is 9.82 Å². The maximum Gasteiger partial charge on any atom is 0.307 e. The highest BCUT2D eigenvalue weighted by Crippen LogP contribution is 2.39. The predicted molar refractivity (Wildman–Crippen MR) is 73.8 cm³/mol. The number of hydrogen-bond donors (Lipinski definition) is 2. The van der Waals surface area contributed by atoms with E-state index in [-0.39, 0.29) is 23.2 Å². The Balaban J connectivity index is 1.91. The summed E-state index contributed by atoms with van der Waals surface area (Å²) >= 11 is 0. The Hall–Kier alpha value is -2.63. The van der Waals surface area contributed by atoms with Gasteiger partial charge < -0.3 is 9.52 Å². The van der Waals surface area contributed by atoms with Crippen molar-refractivity contribution in [3.8, 4) is 5.75 Å². The quantitative estimate of drug-likeness (QED) is 0.834. The third-order valence-electron chi connectivity index (χ3n) is 3.49. The lowest BCUT2D eigenvalue weighted by atomic mass is 10.0. The second kappa shape index (κ2) is 5.05. The van der Waals surface area contributed by atoms with Crippen LogP contribution in [0.3, 0.4) is 0 Å². The molecule has 0 fully saturated rings. The molecule has 2 aromatic rings. The normalized spacial score (nSPS) is 18.8. The van der Waals surface area contributed by atoms with Crippen LogP contribution in [-0.2, 0) is 0 Å². The van der Waals surface area contributed by atoms with E-state index in [0.717, 1.165) is 0 Å². The van der Waals surface area contributed by atoms with E-state index in [1.165, 1.54) is 24.5 Å². The molecule has 6 heteroatoms. The van der Waals surface area contributed by atoms with Crippen molar-refractivity contribution in [2.45, 2.75) is 19.3 Å². The van der Waals surface area contributed by atoms with Crippen LogP contribution < -0.4 is 5.43 Å². The predicted octanol–water partition coefficient (Wildman–Crippen LogP) is 2.77. The smallest absolute Gasteiger partial charge is 0.307 e. The fraction of sp³-hybridized carbons (Fsp3) is 0.200. The molecule has 2 N–H and O–H groups in total. The second-order valence-electron chi connectivity index (χ2n) is 4.94. The summed E-state index contributed by atoms with van der Waals surface area (Å²) in [6.07, 6.45) is 1.83. The number of nitrogens with one attached hydrogen (secondary N) is 1. The first-order valence-electron chi connectivity index (χ1n) is 6.50. The minimum absolute atomic E-state index is 0.0400. The maximum atomic E-state index is 13.8. The first kappa shape index (κ1) is 13.4. The number of nitrogens with zero attached hydrogens (tertiary/aromatic N) is 1. The Morgan fingerprint density at radius 2 is 2.29 bits per heavy atom. The van der Waals surface area contributed by atoms with Gasteiger partial charge in [0.25, 0.3) is 0 Å².